The van der Waals surface area contributed by atoms with Crippen LogP contribution >= 0.6 is 0 Å². The second kappa shape index (κ2) is 3.85. The highest BCUT2D eigenvalue weighted by molar-refractivity contribution is 5.83. The van der Waals surface area contributed by atoms with Gasteiger partial charge in [0.05, 0.1) is 6.54 Å². The largest absolute Gasteiger partial charge is 0.407 e. The predicted molar refractivity (Wildman–Crippen MR) is 51.8 cm³/mol. The van der Waals surface area contributed by atoms with Crippen LogP contribution in [0.15, 0.2) is 4.42 Å². The maximum Gasteiger partial charge on any atom is 0.318 e. The number of aromatic nitrogens is 2. The first-order valence-electron chi connectivity index (χ1n) is 4.81. The molecule has 0 saturated carbocycles. The van der Waals surface area contributed by atoms with Crippen LogP contribution in [-0.4, -0.2) is 28.7 Å². The zero-order chi connectivity index (χ0) is 10.8. The van der Waals surface area contributed by atoms with Gasteiger partial charge in [0.1, 0.15) is 6.04 Å². The molecule has 0 aliphatic carbocycles. The molecule has 1 amide bonds. The Morgan fingerprint density at radius 3 is 3.00 bits per heavy atom. The van der Waals surface area contributed by atoms with Crippen LogP contribution in [0.3, 0.4) is 0 Å². The molecule has 1 fully saturated rings. The van der Waals surface area contributed by atoms with E-state index in [1.54, 1.807) is 4.90 Å². The highest BCUT2D eigenvalue weighted by Crippen LogP contribution is 2.23. The molecule has 4 N–H and O–H groups in total. The lowest BCUT2D eigenvalue weighted by Crippen LogP contribution is -2.40. The molecule has 0 bridgehead atoms. The summed E-state index contributed by atoms with van der Waals surface area (Å²) >= 11 is 0. The van der Waals surface area contributed by atoms with E-state index in [0.717, 1.165) is 12.8 Å². The van der Waals surface area contributed by atoms with Gasteiger partial charge in [-0.05, 0) is 12.8 Å². The highest BCUT2D eigenvalue weighted by Gasteiger charge is 2.32. The van der Waals surface area contributed by atoms with E-state index in [9.17, 15) is 4.79 Å². The molecule has 1 unspecified atom stereocenters. The maximum atomic E-state index is 11.1. The first-order valence-corrected chi connectivity index (χ1v) is 4.81. The van der Waals surface area contributed by atoms with Gasteiger partial charge in [-0.3, -0.25) is 4.79 Å². The number of hydrogen-bond donors (Lipinski definition) is 2. The van der Waals surface area contributed by atoms with Gasteiger partial charge in [0.2, 0.25) is 11.8 Å². The van der Waals surface area contributed by atoms with Crippen LogP contribution < -0.4 is 16.4 Å². The molecule has 1 aromatic heterocycles. The third-order valence-electron chi connectivity index (χ3n) is 2.46. The molecule has 15 heavy (non-hydrogen) atoms. The number of carbonyl (C=O) groups is 1. The third-order valence-corrected chi connectivity index (χ3v) is 2.46. The first-order chi connectivity index (χ1) is 7.22. The number of rotatable bonds is 3. The summed E-state index contributed by atoms with van der Waals surface area (Å²) in [7, 11) is 0. The van der Waals surface area contributed by atoms with E-state index in [2.05, 4.69) is 10.2 Å². The number of nitrogens with two attached hydrogens (primary N) is 2. The first kappa shape index (κ1) is 9.91. The minimum absolute atomic E-state index is 0.197. The minimum atomic E-state index is -0.361. The van der Waals surface area contributed by atoms with Gasteiger partial charge in [0.15, 0.2) is 0 Å². The Morgan fingerprint density at radius 1 is 1.60 bits per heavy atom. The van der Waals surface area contributed by atoms with E-state index >= 15 is 0 Å². The Bertz CT molecular complexity index is 364. The van der Waals surface area contributed by atoms with Crippen LogP contribution in [0.25, 0.3) is 0 Å². The SMILES string of the molecule is NCc1nnc(N2CCCC2C(N)=O)o1. The quantitative estimate of drug-likeness (QED) is 0.662. The molecule has 1 atom stereocenters. The fourth-order valence-electron chi connectivity index (χ4n) is 1.73. The van der Waals surface area contributed by atoms with Gasteiger partial charge in [-0.2, -0.15) is 0 Å². The van der Waals surface area contributed by atoms with Crippen LogP contribution in [0, 0.1) is 0 Å². The second-order valence-electron chi connectivity index (χ2n) is 3.44. The summed E-state index contributed by atoms with van der Waals surface area (Å²) < 4.78 is 5.27. The lowest BCUT2D eigenvalue weighted by atomic mass is 10.2. The number of amides is 1. The van der Waals surface area contributed by atoms with Crippen LogP contribution in [0.2, 0.25) is 0 Å². The van der Waals surface area contributed by atoms with Gasteiger partial charge in [-0.15, -0.1) is 5.10 Å². The van der Waals surface area contributed by atoms with Gasteiger partial charge in [0.25, 0.3) is 0 Å². The molecular weight excluding hydrogens is 198 g/mol. The number of anilines is 1. The minimum Gasteiger partial charge on any atom is -0.407 e. The molecule has 0 spiro atoms. The van der Waals surface area contributed by atoms with Crippen molar-refractivity contribution in [3.8, 4) is 0 Å². The molecule has 0 aromatic carbocycles. The summed E-state index contributed by atoms with van der Waals surface area (Å²) in [5, 5.41) is 7.56. The molecule has 1 aliphatic rings. The fraction of sp³-hybridized carbons (Fsp3) is 0.625. The summed E-state index contributed by atoms with van der Waals surface area (Å²) in [6.45, 7) is 0.905. The summed E-state index contributed by atoms with van der Waals surface area (Å²) in [5.41, 5.74) is 10.6. The van der Waals surface area contributed by atoms with E-state index < -0.39 is 0 Å². The predicted octanol–water partition coefficient (Wildman–Crippen LogP) is -1.02. The average molecular weight is 211 g/mol. The van der Waals surface area contributed by atoms with Crippen molar-refractivity contribution in [3.05, 3.63) is 5.89 Å². The van der Waals surface area contributed by atoms with Gasteiger partial charge < -0.3 is 20.8 Å². The molecule has 82 valence electrons. The van der Waals surface area contributed by atoms with E-state index in [-0.39, 0.29) is 18.5 Å². The standard InChI is InChI=1S/C8H13N5O2/c9-4-6-11-12-8(15-6)13-3-1-2-5(13)7(10)14/h5H,1-4,9H2,(H2,10,14). The summed E-state index contributed by atoms with van der Waals surface area (Å²) in [4.78, 5) is 12.9. The molecule has 0 radical (unpaired) electrons. The van der Waals surface area contributed by atoms with Gasteiger partial charge in [-0.25, -0.2) is 0 Å². The lowest BCUT2D eigenvalue weighted by Gasteiger charge is -2.18. The Kier molecular flexibility index (Phi) is 2.55. The lowest BCUT2D eigenvalue weighted by molar-refractivity contribution is -0.119. The Labute approximate surface area is 86.4 Å². The van der Waals surface area contributed by atoms with Crippen LogP contribution in [-0.2, 0) is 11.3 Å². The Morgan fingerprint density at radius 2 is 2.40 bits per heavy atom. The monoisotopic (exact) mass is 211 g/mol. The van der Waals surface area contributed by atoms with Gasteiger partial charge >= 0.3 is 6.01 Å². The fourth-order valence-corrected chi connectivity index (χ4v) is 1.73. The summed E-state index contributed by atoms with van der Waals surface area (Å²) in [6.07, 6.45) is 1.63. The van der Waals surface area contributed by atoms with Gasteiger partial charge in [0, 0.05) is 6.54 Å². The number of carbonyl (C=O) groups excluding carboxylic acids is 1. The molecule has 1 saturated heterocycles. The van der Waals surface area contributed by atoms with Crippen LogP contribution in [0.1, 0.15) is 18.7 Å². The van der Waals surface area contributed by atoms with Crippen molar-refractivity contribution in [2.45, 2.75) is 25.4 Å². The molecular formula is C8H13N5O2. The zero-order valence-corrected chi connectivity index (χ0v) is 8.22. The van der Waals surface area contributed by atoms with Crippen molar-refractivity contribution in [1.82, 2.24) is 10.2 Å². The number of hydrogen-bond acceptors (Lipinski definition) is 6. The highest BCUT2D eigenvalue weighted by atomic mass is 16.4. The van der Waals surface area contributed by atoms with Crippen molar-refractivity contribution >= 4 is 11.9 Å². The maximum absolute atomic E-state index is 11.1. The van der Waals surface area contributed by atoms with E-state index in [1.165, 1.54) is 0 Å². The molecule has 7 nitrogen and oxygen atoms in total. The van der Waals surface area contributed by atoms with Crippen molar-refractivity contribution in [3.63, 3.8) is 0 Å². The summed E-state index contributed by atoms with van der Waals surface area (Å²) in [6, 6.07) is -0.00664. The molecule has 1 aromatic rings. The molecule has 2 rings (SSSR count). The Hall–Kier alpha value is -1.63. The average Bonchev–Trinajstić information content (AvgIpc) is 2.85. The molecule has 7 heteroatoms. The smallest absolute Gasteiger partial charge is 0.318 e. The Balaban J connectivity index is 2.18. The second-order valence-corrected chi connectivity index (χ2v) is 3.44. The van der Waals surface area contributed by atoms with Crippen molar-refractivity contribution in [2.75, 3.05) is 11.4 Å². The van der Waals surface area contributed by atoms with Crippen LogP contribution in [0.4, 0.5) is 6.01 Å². The van der Waals surface area contributed by atoms with E-state index in [4.69, 9.17) is 15.9 Å². The zero-order valence-electron chi connectivity index (χ0n) is 8.22. The van der Waals surface area contributed by atoms with E-state index in [0.29, 0.717) is 18.5 Å². The van der Waals surface area contributed by atoms with Crippen molar-refractivity contribution < 1.29 is 9.21 Å². The number of primary amides is 1. The van der Waals surface area contributed by atoms with Crippen molar-refractivity contribution in [2.24, 2.45) is 11.5 Å². The topological polar surface area (TPSA) is 111 Å². The molecule has 1 aliphatic heterocycles. The van der Waals surface area contributed by atoms with Crippen LogP contribution in [0.5, 0.6) is 0 Å². The van der Waals surface area contributed by atoms with E-state index in [1.807, 2.05) is 0 Å². The number of nitrogens with zero attached hydrogens (tertiary/aromatic N) is 3. The molecule has 2 heterocycles. The normalized spacial score (nSPS) is 20.9. The summed E-state index contributed by atoms with van der Waals surface area (Å²) in [5.74, 6) is 0.000110. The van der Waals surface area contributed by atoms with Crippen molar-refractivity contribution in [1.29, 1.82) is 0 Å². The van der Waals surface area contributed by atoms with Gasteiger partial charge in [-0.1, -0.05) is 5.10 Å². The third kappa shape index (κ3) is 1.78.